The molecule has 4 N–H and O–H groups in total. The average Bonchev–Trinajstić information content (AvgIpc) is 3.32. The highest BCUT2D eigenvalue weighted by Crippen LogP contribution is 2.42. The van der Waals surface area contributed by atoms with Crippen LogP contribution in [0.4, 0.5) is 0 Å². The fraction of sp³-hybridized carbons (Fsp3) is 0.296. The molecule has 0 spiro atoms. The van der Waals surface area contributed by atoms with Crippen LogP contribution in [0.2, 0.25) is 5.02 Å². The third kappa shape index (κ3) is 4.81. The first-order valence-electron chi connectivity index (χ1n) is 11.6. The maximum absolute atomic E-state index is 13.6. The van der Waals surface area contributed by atoms with E-state index in [2.05, 4.69) is 33.6 Å². The van der Waals surface area contributed by atoms with E-state index < -0.39 is 0 Å². The van der Waals surface area contributed by atoms with Crippen molar-refractivity contribution in [2.75, 3.05) is 7.11 Å². The first-order valence-corrected chi connectivity index (χ1v) is 12.0. The molecule has 0 aliphatic carbocycles. The van der Waals surface area contributed by atoms with Crippen molar-refractivity contribution in [3.8, 4) is 5.75 Å². The van der Waals surface area contributed by atoms with Crippen molar-refractivity contribution < 1.29 is 9.53 Å². The maximum Gasteiger partial charge on any atom is 0.223 e. The highest BCUT2D eigenvalue weighted by atomic mass is 35.5. The summed E-state index contributed by atoms with van der Waals surface area (Å²) in [5.41, 5.74) is 10.2. The molecule has 0 bridgehead atoms. The molecular formula is C27H29ClN4O2. The summed E-state index contributed by atoms with van der Waals surface area (Å²) in [6, 6.07) is 25.9. The van der Waals surface area contributed by atoms with Crippen LogP contribution >= 0.6 is 11.6 Å². The summed E-state index contributed by atoms with van der Waals surface area (Å²) in [5, 5.41) is 7.61. The van der Waals surface area contributed by atoms with E-state index in [1.54, 1.807) is 7.11 Å². The first kappa shape index (κ1) is 22.9. The van der Waals surface area contributed by atoms with Crippen molar-refractivity contribution in [3.05, 3.63) is 101 Å². The van der Waals surface area contributed by atoms with Gasteiger partial charge in [-0.15, -0.1) is 0 Å². The van der Waals surface area contributed by atoms with Gasteiger partial charge in [0.25, 0.3) is 0 Å². The van der Waals surface area contributed by atoms with E-state index in [4.69, 9.17) is 16.3 Å². The second-order valence-electron chi connectivity index (χ2n) is 8.91. The number of hydrogen-bond donors (Lipinski definition) is 4. The number of ether oxygens (including phenoxy) is 1. The molecule has 7 heteroatoms. The number of rotatable bonds is 6. The monoisotopic (exact) mass is 476 g/mol. The minimum Gasteiger partial charge on any atom is -0.497 e. The summed E-state index contributed by atoms with van der Waals surface area (Å²) < 4.78 is 5.31. The van der Waals surface area contributed by atoms with Gasteiger partial charge in [0.2, 0.25) is 5.91 Å². The first-order chi connectivity index (χ1) is 16.6. The molecule has 5 atom stereocenters. The largest absolute Gasteiger partial charge is 0.497 e. The third-order valence-electron chi connectivity index (χ3n) is 6.89. The Morgan fingerprint density at radius 3 is 2.38 bits per heavy atom. The van der Waals surface area contributed by atoms with Gasteiger partial charge in [0.05, 0.1) is 19.3 Å². The number of benzene rings is 3. The van der Waals surface area contributed by atoms with E-state index in [1.807, 2.05) is 66.7 Å². The van der Waals surface area contributed by atoms with Gasteiger partial charge in [-0.25, -0.2) is 10.9 Å². The summed E-state index contributed by atoms with van der Waals surface area (Å²) in [6.45, 7) is 0.515. The number of methoxy groups -OCH3 is 1. The Hall–Kier alpha value is -2.90. The minimum atomic E-state index is -0.190. The summed E-state index contributed by atoms with van der Waals surface area (Å²) in [4.78, 5) is 13.6. The zero-order chi connectivity index (χ0) is 23.5. The van der Waals surface area contributed by atoms with Gasteiger partial charge in [-0.05, 0) is 47.4 Å². The predicted octanol–water partition coefficient (Wildman–Crippen LogP) is 4.11. The lowest BCUT2D eigenvalue weighted by atomic mass is 9.74. The molecule has 176 valence electrons. The van der Waals surface area contributed by atoms with Crippen LogP contribution < -0.4 is 26.2 Å². The number of nitrogens with one attached hydrogen (secondary N) is 4. The topological polar surface area (TPSA) is 74.4 Å². The molecule has 2 fully saturated rings. The van der Waals surface area contributed by atoms with Gasteiger partial charge < -0.3 is 10.1 Å². The van der Waals surface area contributed by atoms with E-state index in [9.17, 15) is 4.79 Å². The third-order valence-corrected chi connectivity index (χ3v) is 7.14. The number of piperidine rings is 1. The van der Waals surface area contributed by atoms with Crippen molar-refractivity contribution in [3.63, 3.8) is 0 Å². The Kier molecular flexibility index (Phi) is 6.83. The van der Waals surface area contributed by atoms with Crippen LogP contribution in [0, 0.1) is 11.8 Å². The molecule has 2 saturated heterocycles. The molecule has 3 aromatic rings. The molecule has 2 aliphatic rings. The highest BCUT2D eigenvalue weighted by Gasteiger charge is 2.49. The Balaban J connectivity index is 1.40. The smallest absolute Gasteiger partial charge is 0.223 e. The maximum atomic E-state index is 13.6. The van der Waals surface area contributed by atoms with Crippen molar-refractivity contribution in [1.82, 2.24) is 21.5 Å². The number of fused-ring (bicyclic) bond motifs is 1. The molecule has 0 radical (unpaired) electrons. The summed E-state index contributed by atoms with van der Waals surface area (Å²) >= 11 is 6.12. The zero-order valence-corrected chi connectivity index (χ0v) is 19.8. The molecule has 5 unspecified atom stereocenters. The van der Waals surface area contributed by atoms with Gasteiger partial charge in [-0.2, -0.15) is 0 Å². The standard InChI is InChI=1S/C27H29ClN4O2/c1-34-21-13-9-18(10-14-21)23-15-22(27(33)29-16-17-5-3-2-4-6-17)24-25(31-32-26(24)30-23)19-7-11-20(28)12-8-19/h2-14,22-26,30-32H,15-16H2,1H3,(H,29,33). The van der Waals surface area contributed by atoms with Crippen LogP contribution in [-0.2, 0) is 11.3 Å². The zero-order valence-electron chi connectivity index (χ0n) is 19.0. The molecule has 0 aromatic heterocycles. The van der Waals surface area contributed by atoms with E-state index in [-0.39, 0.29) is 36.0 Å². The van der Waals surface area contributed by atoms with Crippen LogP contribution in [0.25, 0.3) is 0 Å². The van der Waals surface area contributed by atoms with Crippen molar-refractivity contribution in [2.45, 2.75) is 31.2 Å². The summed E-state index contributed by atoms with van der Waals surface area (Å²) in [6.07, 6.45) is 0.635. The molecule has 5 rings (SSSR count). The lowest BCUT2D eigenvalue weighted by Crippen LogP contribution is -2.54. The lowest BCUT2D eigenvalue weighted by molar-refractivity contribution is -0.129. The minimum absolute atomic E-state index is 0.0148. The molecule has 2 heterocycles. The van der Waals surface area contributed by atoms with Crippen LogP contribution in [0.15, 0.2) is 78.9 Å². The lowest BCUT2D eigenvalue weighted by Gasteiger charge is -2.40. The molecule has 0 saturated carbocycles. The molecule has 34 heavy (non-hydrogen) atoms. The number of hydrogen-bond acceptors (Lipinski definition) is 5. The molecule has 3 aromatic carbocycles. The van der Waals surface area contributed by atoms with Gasteiger partial charge in [-0.1, -0.05) is 66.2 Å². The Labute approximate surface area is 205 Å². The molecule has 6 nitrogen and oxygen atoms in total. The fourth-order valence-electron chi connectivity index (χ4n) is 5.12. The van der Waals surface area contributed by atoms with Crippen LogP contribution in [0.1, 0.15) is 35.2 Å². The van der Waals surface area contributed by atoms with Crippen molar-refractivity contribution in [1.29, 1.82) is 0 Å². The SMILES string of the molecule is COc1ccc(C2CC(C(=O)NCc3ccccc3)C3C(NNC3c3ccc(Cl)cc3)N2)cc1. The van der Waals surface area contributed by atoms with Gasteiger partial charge in [0.15, 0.2) is 0 Å². The Morgan fingerprint density at radius 2 is 1.68 bits per heavy atom. The van der Waals surface area contributed by atoms with Crippen molar-refractivity contribution >= 4 is 17.5 Å². The number of halogens is 1. The predicted molar refractivity (Wildman–Crippen MR) is 133 cm³/mol. The Morgan fingerprint density at radius 1 is 0.971 bits per heavy atom. The van der Waals surface area contributed by atoms with Crippen molar-refractivity contribution in [2.24, 2.45) is 11.8 Å². The quantitative estimate of drug-likeness (QED) is 0.431. The molecule has 1 amide bonds. The molecular weight excluding hydrogens is 448 g/mol. The van der Waals surface area contributed by atoms with Gasteiger partial charge in [0, 0.05) is 29.4 Å². The van der Waals surface area contributed by atoms with Crippen LogP contribution in [-0.4, -0.2) is 19.2 Å². The number of carbonyl (C=O) groups excluding carboxylic acids is 1. The normalized spacial score (nSPS) is 26.0. The summed E-state index contributed by atoms with van der Waals surface area (Å²) in [5.74, 6) is 0.734. The van der Waals surface area contributed by atoms with E-state index in [1.165, 1.54) is 0 Å². The van der Waals surface area contributed by atoms with Gasteiger partial charge in [0.1, 0.15) is 5.75 Å². The van der Waals surface area contributed by atoms with Crippen LogP contribution in [0.3, 0.4) is 0 Å². The van der Waals surface area contributed by atoms with Gasteiger partial charge >= 0.3 is 0 Å². The van der Waals surface area contributed by atoms with E-state index >= 15 is 0 Å². The fourth-order valence-corrected chi connectivity index (χ4v) is 5.25. The molecule has 2 aliphatic heterocycles. The van der Waals surface area contributed by atoms with E-state index in [0.717, 1.165) is 22.4 Å². The summed E-state index contributed by atoms with van der Waals surface area (Å²) in [7, 11) is 1.66. The highest BCUT2D eigenvalue weighted by molar-refractivity contribution is 6.30. The second kappa shape index (κ2) is 10.2. The number of amides is 1. The van der Waals surface area contributed by atoms with Crippen LogP contribution in [0.5, 0.6) is 5.75 Å². The second-order valence-corrected chi connectivity index (χ2v) is 9.35. The van der Waals surface area contributed by atoms with E-state index in [0.29, 0.717) is 18.0 Å². The Bertz CT molecular complexity index is 1110. The average molecular weight is 477 g/mol. The number of carbonyl (C=O) groups is 1. The number of hydrazine groups is 1. The van der Waals surface area contributed by atoms with Gasteiger partial charge in [-0.3, -0.25) is 10.1 Å².